The minimum atomic E-state index is 0.272. The van der Waals surface area contributed by atoms with Crippen molar-refractivity contribution in [1.29, 1.82) is 0 Å². The molecule has 1 aromatic rings. The summed E-state index contributed by atoms with van der Waals surface area (Å²) in [5.74, 6) is 1.11. The number of aliphatic hydroxyl groups is 1. The van der Waals surface area contributed by atoms with Crippen molar-refractivity contribution in [2.24, 2.45) is 0 Å². The molecule has 1 N–H and O–H groups in total. The van der Waals surface area contributed by atoms with Crippen molar-refractivity contribution in [2.75, 3.05) is 51.6 Å². The lowest BCUT2D eigenvalue weighted by atomic mass is 10.3. The van der Waals surface area contributed by atoms with Crippen LogP contribution in [0.3, 0.4) is 0 Å². The third-order valence-electron chi connectivity index (χ3n) is 3.59. The van der Waals surface area contributed by atoms with Gasteiger partial charge in [-0.1, -0.05) is 23.7 Å². The van der Waals surface area contributed by atoms with E-state index in [-0.39, 0.29) is 6.61 Å². The number of halogens is 1. The Morgan fingerprint density at radius 1 is 1.05 bits per heavy atom. The summed E-state index contributed by atoms with van der Waals surface area (Å²) in [4.78, 5) is 6.03. The second-order valence-corrected chi connectivity index (χ2v) is 6.58. The summed E-state index contributed by atoms with van der Waals surface area (Å²) in [5.41, 5.74) is 0. The smallest absolute Gasteiger partial charge is 0.0558 e. The average molecular weight is 315 g/mol. The molecule has 0 amide bonds. The van der Waals surface area contributed by atoms with Crippen LogP contribution >= 0.6 is 23.4 Å². The first-order valence-electron chi connectivity index (χ1n) is 7.22. The summed E-state index contributed by atoms with van der Waals surface area (Å²) >= 11 is 7.98. The zero-order valence-corrected chi connectivity index (χ0v) is 13.4. The minimum absolute atomic E-state index is 0.272. The van der Waals surface area contributed by atoms with Crippen LogP contribution in [0, 0.1) is 0 Å². The van der Waals surface area contributed by atoms with Gasteiger partial charge in [0, 0.05) is 37.6 Å². The number of hydrogen-bond acceptors (Lipinski definition) is 4. The number of benzene rings is 1. The summed E-state index contributed by atoms with van der Waals surface area (Å²) in [7, 11) is 0. The van der Waals surface area contributed by atoms with Gasteiger partial charge in [0.1, 0.15) is 0 Å². The van der Waals surface area contributed by atoms with Crippen LogP contribution < -0.4 is 0 Å². The molecule has 112 valence electrons. The lowest BCUT2D eigenvalue weighted by molar-refractivity contribution is 0.113. The molecule has 0 aromatic heterocycles. The van der Waals surface area contributed by atoms with E-state index in [1.54, 1.807) is 0 Å². The molecule has 0 atom stereocenters. The quantitative estimate of drug-likeness (QED) is 0.618. The van der Waals surface area contributed by atoms with Crippen LogP contribution in [0.2, 0.25) is 5.02 Å². The van der Waals surface area contributed by atoms with Gasteiger partial charge in [-0.3, -0.25) is 4.90 Å². The van der Waals surface area contributed by atoms with E-state index in [0.717, 1.165) is 50.0 Å². The van der Waals surface area contributed by atoms with Gasteiger partial charge in [0.2, 0.25) is 0 Å². The number of thioether (sulfide) groups is 1. The third kappa shape index (κ3) is 5.26. The van der Waals surface area contributed by atoms with E-state index in [2.05, 4.69) is 15.9 Å². The highest BCUT2D eigenvalue weighted by Crippen LogP contribution is 2.26. The van der Waals surface area contributed by atoms with E-state index in [4.69, 9.17) is 16.7 Å². The van der Waals surface area contributed by atoms with Crippen LogP contribution in [0.15, 0.2) is 29.2 Å². The van der Waals surface area contributed by atoms with Crippen molar-refractivity contribution in [3.8, 4) is 0 Å². The van der Waals surface area contributed by atoms with Crippen molar-refractivity contribution < 1.29 is 5.11 Å². The molecule has 1 aliphatic rings. The summed E-state index contributed by atoms with van der Waals surface area (Å²) in [6, 6.07) is 8.04. The number of rotatable bonds is 7. The topological polar surface area (TPSA) is 26.7 Å². The first kappa shape index (κ1) is 16.1. The van der Waals surface area contributed by atoms with Gasteiger partial charge in [-0.25, -0.2) is 0 Å². The van der Waals surface area contributed by atoms with Crippen molar-refractivity contribution in [2.45, 2.75) is 11.3 Å². The molecule has 2 rings (SSSR count). The van der Waals surface area contributed by atoms with Crippen LogP contribution in [-0.2, 0) is 0 Å². The number of β-amino-alcohol motifs (C(OH)–C–C–N with tert-alkyl or cyclic N) is 1. The molecule has 1 fully saturated rings. The highest BCUT2D eigenvalue weighted by molar-refractivity contribution is 7.99. The lowest BCUT2D eigenvalue weighted by Gasteiger charge is -2.34. The lowest BCUT2D eigenvalue weighted by Crippen LogP contribution is -2.47. The van der Waals surface area contributed by atoms with E-state index in [1.807, 2.05) is 30.0 Å². The van der Waals surface area contributed by atoms with Crippen LogP contribution in [0.1, 0.15) is 6.42 Å². The Hall–Kier alpha value is -0.260. The van der Waals surface area contributed by atoms with Gasteiger partial charge < -0.3 is 10.0 Å². The normalized spacial score (nSPS) is 17.5. The van der Waals surface area contributed by atoms with E-state index < -0.39 is 0 Å². The SMILES string of the molecule is OCCN1CCN(CCCSc2ccccc2Cl)CC1. The number of aliphatic hydroxyl groups excluding tert-OH is 1. The van der Waals surface area contributed by atoms with Crippen LogP contribution in [0.4, 0.5) is 0 Å². The Morgan fingerprint density at radius 2 is 1.70 bits per heavy atom. The molecule has 0 bridgehead atoms. The fraction of sp³-hybridized carbons (Fsp3) is 0.600. The third-order valence-corrected chi connectivity index (χ3v) is 5.20. The molecule has 0 saturated carbocycles. The van der Waals surface area contributed by atoms with Gasteiger partial charge >= 0.3 is 0 Å². The number of piperazine rings is 1. The summed E-state index contributed by atoms with van der Waals surface area (Å²) in [6.45, 7) is 6.65. The van der Waals surface area contributed by atoms with E-state index in [0.29, 0.717) is 0 Å². The second kappa shape index (κ2) is 8.90. The van der Waals surface area contributed by atoms with E-state index in [9.17, 15) is 0 Å². The van der Waals surface area contributed by atoms with Crippen LogP contribution in [0.5, 0.6) is 0 Å². The Bertz CT molecular complexity index is 397. The fourth-order valence-electron chi connectivity index (χ4n) is 2.41. The van der Waals surface area contributed by atoms with Gasteiger partial charge in [-0.2, -0.15) is 0 Å². The molecule has 0 spiro atoms. The Balaban J connectivity index is 1.59. The van der Waals surface area contributed by atoms with Crippen LogP contribution in [0.25, 0.3) is 0 Å². The van der Waals surface area contributed by atoms with Crippen molar-refractivity contribution in [1.82, 2.24) is 9.80 Å². The van der Waals surface area contributed by atoms with Crippen molar-refractivity contribution >= 4 is 23.4 Å². The molecule has 20 heavy (non-hydrogen) atoms. The molecular weight excluding hydrogens is 292 g/mol. The minimum Gasteiger partial charge on any atom is -0.395 e. The molecule has 0 unspecified atom stereocenters. The Labute approximate surface area is 130 Å². The maximum atomic E-state index is 8.92. The monoisotopic (exact) mass is 314 g/mol. The van der Waals surface area contributed by atoms with Crippen LogP contribution in [-0.4, -0.2) is 66.5 Å². The molecule has 0 aliphatic carbocycles. The summed E-state index contributed by atoms with van der Waals surface area (Å²) in [5, 5.41) is 9.78. The standard InChI is InChI=1S/C15H23ClN2OS/c16-14-4-1-2-5-15(14)20-13-3-6-17-7-9-18(10-8-17)11-12-19/h1-2,4-5,19H,3,6-13H2. The van der Waals surface area contributed by atoms with E-state index >= 15 is 0 Å². The summed E-state index contributed by atoms with van der Waals surface area (Å²) in [6.07, 6.45) is 1.19. The fourth-order valence-corrected chi connectivity index (χ4v) is 3.58. The second-order valence-electron chi connectivity index (χ2n) is 5.04. The first-order chi connectivity index (χ1) is 9.79. The predicted molar refractivity (Wildman–Crippen MR) is 86.8 cm³/mol. The Morgan fingerprint density at radius 3 is 2.35 bits per heavy atom. The number of nitrogens with zero attached hydrogens (tertiary/aromatic N) is 2. The first-order valence-corrected chi connectivity index (χ1v) is 8.59. The molecule has 0 radical (unpaired) electrons. The maximum Gasteiger partial charge on any atom is 0.0558 e. The van der Waals surface area contributed by atoms with Gasteiger partial charge in [-0.15, -0.1) is 11.8 Å². The highest BCUT2D eigenvalue weighted by Gasteiger charge is 2.15. The maximum absolute atomic E-state index is 8.92. The number of hydrogen-bond donors (Lipinski definition) is 1. The molecule has 5 heteroatoms. The predicted octanol–water partition coefficient (Wildman–Crippen LogP) is 2.43. The van der Waals surface area contributed by atoms with Crippen molar-refractivity contribution in [3.63, 3.8) is 0 Å². The van der Waals surface area contributed by atoms with Gasteiger partial charge in [0.05, 0.1) is 11.6 Å². The molecule has 1 aromatic carbocycles. The average Bonchev–Trinajstić information content (AvgIpc) is 2.47. The van der Waals surface area contributed by atoms with Gasteiger partial charge in [-0.05, 0) is 30.9 Å². The zero-order chi connectivity index (χ0) is 14.2. The highest BCUT2D eigenvalue weighted by atomic mass is 35.5. The largest absolute Gasteiger partial charge is 0.395 e. The summed E-state index contributed by atoms with van der Waals surface area (Å²) < 4.78 is 0. The molecule has 1 aliphatic heterocycles. The van der Waals surface area contributed by atoms with Gasteiger partial charge in [0.15, 0.2) is 0 Å². The molecule has 1 saturated heterocycles. The molecule has 1 heterocycles. The molecule has 3 nitrogen and oxygen atoms in total. The molecular formula is C15H23ClN2OS. The van der Waals surface area contributed by atoms with Gasteiger partial charge in [0.25, 0.3) is 0 Å². The Kier molecular flexibility index (Phi) is 7.17. The van der Waals surface area contributed by atoms with E-state index in [1.165, 1.54) is 11.3 Å². The van der Waals surface area contributed by atoms with Crippen molar-refractivity contribution in [3.05, 3.63) is 29.3 Å². The zero-order valence-electron chi connectivity index (χ0n) is 11.8.